The Hall–Kier alpha value is -2.32. The zero-order valence-corrected chi connectivity index (χ0v) is 19.1. The fraction of sp³-hybridized carbons (Fsp3) is 0.667. The van der Waals surface area contributed by atoms with Crippen molar-refractivity contribution in [2.24, 2.45) is 0 Å². The number of anilines is 1. The summed E-state index contributed by atoms with van der Waals surface area (Å²) in [6.07, 6.45) is 4.71. The number of carbonyl (C=O) groups excluding carboxylic acids is 2. The van der Waals surface area contributed by atoms with Gasteiger partial charge in [0.05, 0.1) is 12.7 Å². The van der Waals surface area contributed by atoms with E-state index in [4.69, 9.17) is 9.47 Å². The van der Waals surface area contributed by atoms with Crippen molar-refractivity contribution >= 4 is 17.7 Å². The van der Waals surface area contributed by atoms with E-state index in [1.165, 1.54) is 18.5 Å². The van der Waals surface area contributed by atoms with Crippen molar-refractivity contribution in [3.05, 3.63) is 29.8 Å². The summed E-state index contributed by atoms with van der Waals surface area (Å²) in [5.41, 5.74) is 1.87. The summed E-state index contributed by atoms with van der Waals surface area (Å²) in [6.45, 7) is 8.18. The van der Waals surface area contributed by atoms with Gasteiger partial charge in [0, 0.05) is 69.7 Å². The molecule has 0 aliphatic carbocycles. The fourth-order valence-corrected chi connectivity index (χ4v) is 4.75. The van der Waals surface area contributed by atoms with E-state index < -0.39 is 0 Å². The molecule has 3 saturated heterocycles. The Labute approximate surface area is 190 Å². The van der Waals surface area contributed by atoms with Gasteiger partial charge in [-0.1, -0.05) is 0 Å². The van der Waals surface area contributed by atoms with Gasteiger partial charge in [0.1, 0.15) is 0 Å². The summed E-state index contributed by atoms with van der Waals surface area (Å²) in [7, 11) is 0. The highest BCUT2D eigenvalue weighted by Crippen LogP contribution is 2.22. The lowest BCUT2D eigenvalue weighted by atomic mass is 10.0. The van der Waals surface area contributed by atoms with Crippen LogP contribution in [0.2, 0.25) is 0 Å². The molecular formula is C24H36N4O4. The Bertz CT molecular complexity index is 750. The summed E-state index contributed by atoms with van der Waals surface area (Å²) in [5, 5.41) is 3.68. The highest BCUT2D eigenvalue weighted by atomic mass is 16.6. The van der Waals surface area contributed by atoms with E-state index in [1.807, 2.05) is 17.0 Å². The standard InChI is InChI=1S/C24H36N4O4/c1-2-31-24(30)28-15-13-27(14-16-28)23(29)19-5-7-21(8-6-19)26-11-9-20(10-12-26)25-18-22-4-3-17-32-22/h5-8,20,22,25H,2-4,9-18H2,1H3/t22-/m1/s1. The summed E-state index contributed by atoms with van der Waals surface area (Å²) < 4.78 is 10.8. The predicted octanol–water partition coefficient (Wildman–Crippen LogP) is 2.34. The lowest BCUT2D eigenvalue weighted by Gasteiger charge is -2.35. The average Bonchev–Trinajstić information content (AvgIpc) is 3.37. The van der Waals surface area contributed by atoms with Crippen LogP contribution in [0.3, 0.4) is 0 Å². The van der Waals surface area contributed by atoms with Crippen LogP contribution < -0.4 is 10.2 Å². The molecule has 0 spiro atoms. The summed E-state index contributed by atoms with van der Waals surface area (Å²) in [5.74, 6) is 0.0251. The van der Waals surface area contributed by atoms with Crippen molar-refractivity contribution in [1.29, 1.82) is 0 Å². The first-order valence-electron chi connectivity index (χ1n) is 12.0. The highest BCUT2D eigenvalue weighted by Gasteiger charge is 2.26. The molecule has 3 aliphatic heterocycles. The van der Waals surface area contributed by atoms with Gasteiger partial charge >= 0.3 is 6.09 Å². The van der Waals surface area contributed by atoms with E-state index in [2.05, 4.69) is 22.3 Å². The molecule has 1 aromatic carbocycles. The number of nitrogens with zero attached hydrogens (tertiary/aromatic N) is 3. The van der Waals surface area contributed by atoms with Crippen molar-refractivity contribution < 1.29 is 19.1 Å². The first-order chi connectivity index (χ1) is 15.6. The van der Waals surface area contributed by atoms with Gasteiger partial charge in [-0.15, -0.1) is 0 Å². The third-order valence-corrected chi connectivity index (χ3v) is 6.73. The highest BCUT2D eigenvalue weighted by molar-refractivity contribution is 5.94. The fourth-order valence-electron chi connectivity index (χ4n) is 4.75. The van der Waals surface area contributed by atoms with Crippen LogP contribution in [0.15, 0.2) is 24.3 Å². The summed E-state index contributed by atoms with van der Waals surface area (Å²) >= 11 is 0. The molecule has 8 nitrogen and oxygen atoms in total. The van der Waals surface area contributed by atoms with Crippen LogP contribution in [-0.2, 0) is 9.47 Å². The number of benzene rings is 1. The minimum Gasteiger partial charge on any atom is -0.450 e. The second-order valence-electron chi connectivity index (χ2n) is 8.83. The number of hydrogen-bond acceptors (Lipinski definition) is 6. The van der Waals surface area contributed by atoms with E-state index in [-0.39, 0.29) is 12.0 Å². The Morgan fingerprint density at radius 2 is 1.69 bits per heavy atom. The van der Waals surface area contributed by atoms with Gasteiger partial charge in [-0.2, -0.15) is 0 Å². The maximum absolute atomic E-state index is 12.9. The number of piperidine rings is 1. The van der Waals surface area contributed by atoms with Gasteiger partial charge in [-0.05, 0) is 56.9 Å². The number of piperazine rings is 1. The number of rotatable bonds is 6. The largest absolute Gasteiger partial charge is 0.450 e. The van der Waals surface area contributed by atoms with Gasteiger partial charge in [0.25, 0.3) is 5.91 Å². The van der Waals surface area contributed by atoms with Gasteiger partial charge < -0.3 is 29.5 Å². The van der Waals surface area contributed by atoms with Crippen LogP contribution in [0.25, 0.3) is 0 Å². The van der Waals surface area contributed by atoms with Crippen molar-refractivity contribution in [3.63, 3.8) is 0 Å². The Kier molecular flexibility index (Phi) is 7.86. The van der Waals surface area contributed by atoms with Gasteiger partial charge in [0.15, 0.2) is 0 Å². The number of hydrogen-bond donors (Lipinski definition) is 1. The molecule has 1 N–H and O–H groups in total. The van der Waals surface area contributed by atoms with Crippen molar-refractivity contribution in [2.75, 3.05) is 63.9 Å². The minimum absolute atomic E-state index is 0.0251. The van der Waals surface area contributed by atoms with Gasteiger partial charge in [0.2, 0.25) is 0 Å². The third kappa shape index (κ3) is 5.72. The zero-order chi connectivity index (χ0) is 22.3. The lowest BCUT2D eigenvalue weighted by Crippen LogP contribution is -2.50. The first-order valence-corrected chi connectivity index (χ1v) is 12.0. The Balaban J connectivity index is 1.22. The Morgan fingerprint density at radius 1 is 1.00 bits per heavy atom. The van der Waals surface area contributed by atoms with Crippen LogP contribution in [0.4, 0.5) is 10.5 Å². The van der Waals surface area contributed by atoms with E-state index in [0.29, 0.717) is 50.5 Å². The number of carbonyl (C=O) groups is 2. The van der Waals surface area contributed by atoms with Crippen molar-refractivity contribution in [3.8, 4) is 0 Å². The minimum atomic E-state index is -0.296. The normalized spacial score (nSPS) is 22.3. The third-order valence-electron chi connectivity index (χ3n) is 6.73. The molecule has 3 fully saturated rings. The first kappa shape index (κ1) is 22.9. The topological polar surface area (TPSA) is 74.4 Å². The average molecular weight is 445 g/mol. The van der Waals surface area contributed by atoms with E-state index in [1.54, 1.807) is 11.8 Å². The quantitative estimate of drug-likeness (QED) is 0.726. The molecule has 0 radical (unpaired) electrons. The maximum Gasteiger partial charge on any atom is 0.409 e. The molecule has 3 heterocycles. The van der Waals surface area contributed by atoms with Crippen LogP contribution in [0.5, 0.6) is 0 Å². The monoisotopic (exact) mass is 444 g/mol. The second-order valence-corrected chi connectivity index (χ2v) is 8.83. The molecule has 176 valence electrons. The molecule has 3 aliphatic rings. The molecule has 2 amide bonds. The summed E-state index contributed by atoms with van der Waals surface area (Å²) in [4.78, 5) is 30.6. The van der Waals surface area contributed by atoms with Crippen LogP contribution in [-0.4, -0.2) is 93.0 Å². The predicted molar refractivity (Wildman–Crippen MR) is 123 cm³/mol. The molecule has 0 unspecified atom stereocenters. The van der Waals surface area contributed by atoms with Gasteiger partial charge in [-0.3, -0.25) is 4.79 Å². The summed E-state index contributed by atoms with van der Waals surface area (Å²) in [6, 6.07) is 8.53. The molecule has 32 heavy (non-hydrogen) atoms. The molecular weight excluding hydrogens is 408 g/mol. The molecule has 1 aromatic rings. The Morgan fingerprint density at radius 3 is 2.31 bits per heavy atom. The van der Waals surface area contributed by atoms with Crippen LogP contribution >= 0.6 is 0 Å². The number of nitrogens with one attached hydrogen (secondary N) is 1. The molecule has 0 bridgehead atoms. The molecule has 0 saturated carbocycles. The van der Waals surface area contributed by atoms with E-state index in [9.17, 15) is 9.59 Å². The van der Waals surface area contributed by atoms with Crippen molar-refractivity contribution in [1.82, 2.24) is 15.1 Å². The van der Waals surface area contributed by atoms with Gasteiger partial charge in [-0.25, -0.2) is 4.79 Å². The lowest BCUT2D eigenvalue weighted by molar-refractivity contribution is 0.0570. The van der Waals surface area contributed by atoms with E-state index >= 15 is 0 Å². The number of amides is 2. The second kappa shape index (κ2) is 11.0. The molecule has 8 heteroatoms. The maximum atomic E-state index is 12.9. The zero-order valence-electron chi connectivity index (χ0n) is 19.1. The van der Waals surface area contributed by atoms with Crippen LogP contribution in [0.1, 0.15) is 43.0 Å². The smallest absolute Gasteiger partial charge is 0.409 e. The molecule has 1 atom stereocenters. The molecule has 0 aromatic heterocycles. The molecule has 4 rings (SSSR count). The number of ether oxygens (including phenoxy) is 2. The SMILES string of the molecule is CCOC(=O)N1CCN(C(=O)c2ccc(N3CCC(NC[C@H]4CCCO4)CC3)cc2)CC1. The van der Waals surface area contributed by atoms with Crippen molar-refractivity contribution in [2.45, 2.75) is 44.8 Å². The van der Waals surface area contributed by atoms with E-state index in [0.717, 1.165) is 39.1 Å². The van der Waals surface area contributed by atoms with Crippen LogP contribution in [0, 0.1) is 0 Å².